The van der Waals surface area contributed by atoms with Gasteiger partial charge in [-0.2, -0.15) is 0 Å². The fraction of sp³-hybridized carbons (Fsp3) is 0.158. The average molecular weight is 375 g/mol. The summed E-state index contributed by atoms with van der Waals surface area (Å²) in [7, 11) is 1.48. The Morgan fingerprint density at radius 1 is 1.11 bits per heavy atom. The first kappa shape index (κ1) is 18.5. The van der Waals surface area contributed by atoms with E-state index < -0.39 is 30.1 Å². The number of methoxy groups -OCH3 is 1. The molecular formula is C19H15F2NO5. The molecule has 1 N–H and O–H groups in total. The number of nitrogens with one attached hydrogen (secondary N) is 1. The number of benzene rings is 2. The van der Waals surface area contributed by atoms with E-state index in [1.807, 2.05) is 0 Å². The molecule has 3 rings (SSSR count). The summed E-state index contributed by atoms with van der Waals surface area (Å²) in [5.41, 5.74) is 1.04. The minimum Gasteiger partial charge on any atom is -0.450 e. The molecule has 0 spiro atoms. The number of halogens is 2. The number of hydrogen-bond acceptors (Lipinski definition) is 5. The van der Waals surface area contributed by atoms with Crippen LogP contribution in [0.5, 0.6) is 0 Å². The number of amides is 1. The number of anilines is 1. The summed E-state index contributed by atoms with van der Waals surface area (Å²) < 4.78 is 41.6. The Labute approximate surface area is 152 Å². The van der Waals surface area contributed by atoms with Crippen LogP contribution in [0.2, 0.25) is 0 Å². The fourth-order valence-electron chi connectivity index (χ4n) is 2.52. The van der Waals surface area contributed by atoms with Crippen LogP contribution < -0.4 is 5.32 Å². The monoisotopic (exact) mass is 375 g/mol. The molecule has 8 heteroatoms. The summed E-state index contributed by atoms with van der Waals surface area (Å²) in [4.78, 5) is 24.2. The molecule has 0 aliphatic carbocycles. The summed E-state index contributed by atoms with van der Waals surface area (Å²) in [6, 6.07) is 9.91. The molecule has 6 nitrogen and oxygen atoms in total. The number of carbonyl (C=O) groups is 2. The van der Waals surface area contributed by atoms with Crippen LogP contribution in [-0.2, 0) is 20.9 Å². The normalized spacial score (nSPS) is 10.8. The Morgan fingerprint density at radius 3 is 2.63 bits per heavy atom. The Hall–Kier alpha value is -3.26. The number of hydrogen-bond donors (Lipinski definition) is 1. The molecule has 0 fully saturated rings. The molecule has 0 bridgehead atoms. The lowest BCUT2D eigenvalue weighted by Gasteiger charge is -2.07. The summed E-state index contributed by atoms with van der Waals surface area (Å²) in [6.07, 6.45) is 0. The first-order chi connectivity index (χ1) is 13.0. The maximum Gasteiger partial charge on any atom is 0.375 e. The molecule has 0 atom stereocenters. The van der Waals surface area contributed by atoms with Crippen LogP contribution >= 0.6 is 0 Å². The van der Waals surface area contributed by atoms with Gasteiger partial charge < -0.3 is 19.2 Å². The highest BCUT2D eigenvalue weighted by Gasteiger charge is 2.22. The molecule has 1 amide bonds. The van der Waals surface area contributed by atoms with Crippen molar-refractivity contribution in [1.29, 1.82) is 0 Å². The number of para-hydroxylation sites is 1. The molecule has 0 aliphatic rings. The van der Waals surface area contributed by atoms with Gasteiger partial charge in [-0.3, -0.25) is 4.79 Å². The van der Waals surface area contributed by atoms with Gasteiger partial charge in [0.2, 0.25) is 5.76 Å². The third-order valence-corrected chi connectivity index (χ3v) is 3.71. The third kappa shape index (κ3) is 4.12. The maximum atomic E-state index is 13.1. The van der Waals surface area contributed by atoms with Gasteiger partial charge in [0.25, 0.3) is 5.91 Å². The number of carbonyl (C=O) groups excluding carboxylic acids is 2. The first-order valence-electron chi connectivity index (χ1n) is 7.91. The van der Waals surface area contributed by atoms with Crippen LogP contribution in [0, 0.1) is 11.6 Å². The first-order valence-corrected chi connectivity index (χ1v) is 7.91. The van der Waals surface area contributed by atoms with E-state index in [2.05, 4.69) is 5.32 Å². The van der Waals surface area contributed by atoms with Crippen LogP contribution in [0.25, 0.3) is 11.0 Å². The van der Waals surface area contributed by atoms with E-state index in [0.717, 1.165) is 12.1 Å². The highest BCUT2D eigenvalue weighted by atomic mass is 19.2. The van der Waals surface area contributed by atoms with Gasteiger partial charge in [0.15, 0.2) is 18.2 Å². The van der Waals surface area contributed by atoms with E-state index in [1.54, 1.807) is 24.3 Å². The van der Waals surface area contributed by atoms with Crippen LogP contribution in [0.4, 0.5) is 14.5 Å². The van der Waals surface area contributed by atoms with E-state index in [0.29, 0.717) is 16.5 Å². The molecule has 0 saturated heterocycles. The molecule has 0 aliphatic heterocycles. The van der Waals surface area contributed by atoms with Crippen molar-refractivity contribution in [3.05, 3.63) is 65.4 Å². The van der Waals surface area contributed by atoms with Gasteiger partial charge in [-0.05, 0) is 18.2 Å². The summed E-state index contributed by atoms with van der Waals surface area (Å²) in [6.45, 7) is -0.496. The van der Waals surface area contributed by atoms with E-state index in [-0.39, 0.29) is 18.1 Å². The molecular weight excluding hydrogens is 360 g/mol. The Morgan fingerprint density at radius 2 is 1.89 bits per heavy atom. The van der Waals surface area contributed by atoms with Gasteiger partial charge in [0.1, 0.15) is 5.58 Å². The number of esters is 1. The second-order valence-corrected chi connectivity index (χ2v) is 5.59. The second kappa shape index (κ2) is 7.96. The maximum absolute atomic E-state index is 13.1. The quantitative estimate of drug-likeness (QED) is 0.666. The smallest absolute Gasteiger partial charge is 0.375 e. The summed E-state index contributed by atoms with van der Waals surface area (Å²) >= 11 is 0. The van der Waals surface area contributed by atoms with Crippen molar-refractivity contribution in [2.45, 2.75) is 6.61 Å². The molecule has 1 aromatic heterocycles. The molecule has 140 valence electrons. The lowest BCUT2D eigenvalue weighted by atomic mass is 10.1. The largest absolute Gasteiger partial charge is 0.450 e. The van der Waals surface area contributed by atoms with E-state index in [1.165, 1.54) is 13.2 Å². The SMILES string of the molecule is COCc1c(C(=O)OCC(=O)Nc2ccc(F)c(F)c2)oc2ccccc12. The lowest BCUT2D eigenvalue weighted by molar-refractivity contribution is -0.119. The number of rotatable bonds is 6. The summed E-state index contributed by atoms with van der Waals surface area (Å²) in [5.74, 6) is -3.73. The third-order valence-electron chi connectivity index (χ3n) is 3.71. The van der Waals surface area contributed by atoms with Crippen molar-refractivity contribution >= 4 is 28.5 Å². The van der Waals surface area contributed by atoms with Crippen molar-refractivity contribution in [2.24, 2.45) is 0 Å². The van der Waals surface area contributed by atoms with Gasteiger partial charge >= 0.3 is 5.97 Å². The van der Waals surface area contributed by atoms with Gasteiger partial charge in [0, 0.05) is 29.8 Å². The Balaban J connectivity index is 1.68. The van der Waals surface area contributed by atoms with E-state index in [9.17, 15) is 18.4 Å². The predicted molar refractivity (Wildman–Crippen MR) is 92.2 cm³/mol. The van der Waals surface area contributed by atoms with Crippen LogP contribution in [0.1, 0.15) is 16.1 Å². The lowest BCUT2D eigenvalue weighted by Crippen LogP contribution is -2.21. The van der Waals surface area contributed by atoms with Gasteiger partial charge in [-0.1, -0.05) is 18.2 Å². The van der Waals surface area contributed by atoms with E-state index in [4.69, 9.17) is 13.9 Å². The zero-order chi connectivity index (χ0) is 19.4. The fourth-order valence-corrected chi connectivity index (χ4v) is 2.52. The summed E-state index contributed by atoms with van der Waals surface area (Å²) in [5, 5.41) is 3.01. The molecule has 3 aromatic rings. The van der Waals surface area contributed by atoms with Gasteiger partial charge in [-0.15, -0.1) is 0 Å². The number of furan rings is 1. The van der Waals surface area contributed by atoms with Crippen LogP contribution in [0.15, 0.2) is 46.9 Å². The van der Waals surface area contributed by atoms with E-state index >= 15 is 0 Å². The van der Waals surface area contributed by atoms with Crippen molar-refractivity contribution in [2.75, 3.05) is 19.0 Å². The highest BCUT2D eigenvalue weighted by Crippen LogP contribution is 2.27. The van der Waals surface area contributed by atoms with Gasteiger partial charge in [0.05, 0.1) is 6.61 Å². The van der Waals surface area contributed by atoms with Crippen LogP contribution in [-0.4, -0.2) is 25.6 Å². The minimum atomic E-state index is -1.10. The number of fused-ring (bicyclic) bond motifs is 1. The van der Waals surface area contributed by atoms with Gasteiger partial charge in [-0.25, -0.2) is 13.6 Å². The zero-order valence-corrected chi connectivity index (χ0v) is 14.3. The van der Waals surface area contributed by atoms with Crippen LogP contribution in [0.3, 0.4) is 0 Å². The molecule has 0 saturated carbocycles. The number of ether oxygens (including phenoxy) is 2. The minimum absolute atomic E-state index is 0.0405. The average Bonchev–Trinajstić information content (AvgIpc) is 3.02. The zero-order valence-electron chi connectivity index (χ0n) is 14.3. The van der Waals surface area contributed by atoms with Crippen molar-refractivity contribution < 1.29 is 32.3 Å². The van der Waals surface area contributed by atoms with Crippen molar-refractivity contribution in [3.63, 3.8) is 0 Å². The predicted octanol–water partition coefficient (Wildman–Crippen LogP) is 3.65. The van der Waals surface area contributed by atoms with Crippen molar-refractivity contribution in [1.82, 2.24) is 0 Å². The second-order valence-electron chi connectivity index (χ2n) is 5.59. The Kier molecular flexibility index (Phi) is 5.46. The molecule has 27 heavy (non-hydrogen) atoms. The topological polar surface area (TPSA) is 77.8 Å². The highest BCUT2D eigenvalue weighted by molar-refractivity contribution is 5.98. The standard InChI is InChI=1S/C19H15F2NO5/c1-25-9-13-12-4-2-3-5-16(12)27-18(13)19(24)26-10-17(23)22-11-6-7-14(20)15(21)8-11/h2-8H,9-10H2,1H3,(H,22,23). The molecule has 0 radical (unpaired) electrons. The van der Waals surface area contributed by atoms with Crippen molar-refractivity contribution in [3.8, 4) is 0 Å². The Bertz CT molecular complexity index is 999. The molecule has 1 heterocycles. The molecule has 2 aromatic carbocycles. The molecule has 0 unspecified atom stereocenters.